The fraction of sp³-hybridized carbons (Fsp3) is 0.286. The highest BCUT2D eigenvalue weighted by atomic mass is 79.9. The Hall–Kier alpha value is -2.75. The maximum absolute atomic E-state index is 10.7. The van der Waals surface area contributed by atoms with Crippen LogP contribution in [0.4, 0.5) is 11.5 Å². The highest BCUT2D eigenvalue weighted by Gasteiger charge is 2.42. The molecule has 8 nitrogen and oxygen atoms in total. The van der Waals surface area contributed by atoms with Gasteiger partial charge in [0.25, 0.3) is 0 Å². The van der Waals surface area contributed by atoms with Gasteiger partial charge in [-0.3, -0.25) is 4.98 Å². The van der Waals surface area contributed by atoms with Crippen LogP contribution in [0.3, 0.4) is 0 Å². The Morgan fingerprint density at radius 1 is 1.13 bits per heavy atom. The zero-order valence-electron chi connectivity index (χ0n) is 16.0. The predicted octanol–water partition coefficient (Wildman–Crippen LogP) is 2.72. The second-order valence-electron chi connectivity index (χ2n) is 7.71. The SMILES string of the molecule is Nc1ncnc2c1ccn2[C@@H]1C[C@H](CNc2ccc3cc(Br)cnc3c2)[C@@H](O)[C@H]1O. The number of aliphatic hydroxyl groups is 2. The number of pyridine rings is 1. The van der Waals surface area contributed by atoms with Gasteiger partial charge in [0.15, 0.2) is 0 Å². The van der Waals surface area contributed by atoms with E-state index in [2.05, 4.69) is 36.2 Å². The molecule has 4 aromatic rings. The maximum Gasteiger partial charge on any atom is 0.145 e. The summed E-state index contributed by atoms with van der Waals surface area (Å²) >= 11 is 3.43. The van der Waals surface area contributed by atoms with Gasteiger partial charge in [-0.25, -0.2) is 9.97 Å². The van der Waals surface area contributed by atoms with Gasteiger partial charge in [-0.1, -0.05) is 6.07 Å². The molecule has 154 valence electrons. The molecule has 1 aromatic carbocycles. The van der Waals surface area contributed by atoms with Crippen LogP contribution >= 0.6 is 15.9 Å². The molecule has 1 saturated carbocycles. The summed E-state index contributed by atoms with van der Waals surface area (Å²) in [7, 11) is 0. The second kappa shape index (κ2) is 7.50. The molecule has 4 atom stereocenters. The van der Waals surface area contributed by atoms with E-state index >= 15 is 0 Å². The smallest absolute Gasteiger partial charge is 0.145 e. The summed E-state index contributed by atoms with van der Waals surface area (Å²) in [5.74, 6) is 0.289. The molecule has 0 radical (unpaired) electrons. The number of hydrogen-bond acceptors (Lipinski definition) is 7. The van der Waals surface area contributed by atoms with Gasteiger partial charge in [-0.15, -0.1) is 0 Å². The van der Waals surface area contributed by atoms with Crippen LogP contribution in [-0.4, -0.2) is 48.5 Å². The van der Waals surface area contributed by atoms with Gasteiger partial charge in [-0.05, 0) is 46.6 Å². The third kappa shape index (κ3) is 3.28. The molecule has 0 spiro atoms. The molecule has 9 heteroatoms. The van der Waals surface area contributed by atoms with Gasteiger partial charge in [0.05, 0.1) is 23.0 Å². The predicted molar refractivity (Wildman–Crippen MR) is 119 cm³/mol. The van der Waals surface area contributed by atoms with Crippen LogP contribution in [0.15, 0.2) is 53.5 Å². The van der Waals surface area contributed by atoms with Crippen molar-refractivity contribution in [1.82, 2.24) is 19.5 Å². The maximum atomic E-state index is 10.7. The number of nitrogens with zero attached hydrogens (tertiary/aromatic N) is 4. The van der Waals surface area contributed by atoms with E-state index in [1.807, 2.05) is 41.1 Å². The summed E-state index contributed by atoms with van der Waals surface area (Å²) in [6.07, 6.45) is 3.91. The Morgan fingerprint density at radius 3 is 2.87 bits per heavy atom. The molecule has 0 bridgehead atoms. The van der Waals surface area contributed by atoms with Crippen LogP contribution in [0, 0.1) is 5.92 Å². The van der Waals surface area contributed by atoms with Crippen molar-refractivity contribution < 1.29 is 10.2 Å². The van der Waals surface area contributed by atoms with E-state index in [0.29, 0.717) is 24.4 Å². The summed E-state index contributed by atoms with van der Waals surface area (Å²) in [6, 6.07) is 9.56. The van der Waals surface area contributed by atoms with Gasteiger partial charge in [0, 0.05) is 40.4 Å². The minimum Gasteiger partial charge on any atom is -0.390 e. The van der Waals surface area contributed by atoms with Crippen LogP contribution in [-0.2, 0) is 0 Å². The quantitative estimate of drug-likeness (QED) is 0.363. The Morgan fingerprint density at radius 2 is 2.00 bits per heavy atom. The standard InChI is InChI=1S/C21H21BrN6O2/c22-13-5-11-1-2-14(7-16(11)25-9-13)24-8-12-6-17(19(30)18(12)29)28-4-3-15-20(23)26-10-27-21(15)28/h1-5,7,9-10,12,17-19,24,29-30H,6,8H2,(H2,23,26,27)/t12-,17-,18-,19+/m1/s1. The first-order chi connectivity index (χ1) is 14.5. The third-order valence-electron chi connectivity index (χ3n) is 5.89. The van der Waals surface area contributed by atoms with Crippen molar-refractivity contribution in [3.8, 4) is 0 Å². The molecule has 3 heterocycles. The molecule has 1 fully saturated rings. The van der Waals surface area contributed by atoms with Crippen molar-refractivity contribution in [2.24, 2.45) is 5.92 Å². The summed E-state index contributed by atoms with van der Waals surface area (Å²) < 4.78 is 2.83. The number of nitrogen functional groups attached to an aromatic ring is 1. The van der Waals surface area contributed by atoms with Crippen molar-refractivity contribution in [3.63, 3.8) is 0 Å². The number of nitrogens with one attached hydrogen (secondary N) is 1. The number of nitrogens with two attached hydrogens (primary N) is 1. The number of halogens is 1. The fourth-order valence-electron chi connectivity index (χ4n) is 4.29. The number of aromatic nitrogens is 4. The Labute approximate surface area is 180 Å². The van der Waals surface area contributed by atoms with Gasteiger partial charge < -0.3 is 25.8 Å². The first-order valence-corrected chi connectivity index (χ1v) is 10.5. The molecular formula is C21H21BrN6O2. The van der Waals surface area contributed by atoms with E-state index in [1.54, 1.807) is 6.20 Å². The van der Waals surface area contributed by atoms with Gasteiger partial charge in [0.1, 0.15) is 23.9 Å². The number of rotatable bonds is 4. The number of benzene rings is 1. The van der Waals surface area contributed by atoms with Gasteiger partial charge in [-0.2, -0.15) is 0 Å². The van der Waals surface area contributed by atoms with Crippen molar-refractivity contribution in [3.05, 3.63) is 53.5 Å². The second-order valence-corrected chi connectivity index (χ2v) is 8.62. The number of fused-ring (bicyclic) bond motifs is 2. The van der Waals surface area contributed by atoms with E-state index in [-0.39, 0.29) is 12.0 Å². The van der Waals surface area contributed by atoms with Gasteiger partial charge in [0.2, 0.25) is 0 Å². The van der Waals surface area contributed by atoms with E-state index in [1.165, 1.54) is 6.33 Å². The molecule has 0 unspecified atom stereocenters. The molecule has 1 aliphatic carbocycles. The number of hydrogen-bond donors (Lipinski definition) is 4. The summed E-state index contributed by atoms with van der Waals surface area (Å²) in [6.45, 7) is 0.535. The normalized spacial score (nSPS) is 24.0. The van der Waals surface area contributed by atoms with E-state index in [4.69, 9.17) is 5.73 Å². The Bertz CT molecular complexity index is 1230. The van der Waals surface area contributed by atoms with Crippen LogP contribution in [0.1, 0.15) is 12.5 Å². The first kappa shape index (κ1) is 19.2. The minimum atomic E-state index is -0.890. The molecule has 30 heavy (non-hydrogen) atoms. The molecular weight excluding hydrogens is 448 g/mol. The lowest BCUT2D eigenvalue weighted by atomic mass is 10.1. The van der Waals surface area contributed by atoms with Crippen LogP contribution in [0.2, 0.25) is 0 Å². The first-order valence-electron chi connectivity index (χ1n) is 9.73. The Kier molecular flexibility index (Phi) is 4.80. The number of aliphatic hydroxyl groups excluding tert-OH is 2. The van der Waals surface area contributed by atoms with Crippen LogP contribution in [0.5, 0.6) is 0 Å². The molecule has 0 saturated heterocycles. The van der Waals surface area contributed by atoms with E-state index in [0.717, 1.165) is 26.4 Å². The molecule has 5 rings (SSSR count). The van der Waals surface area contributed by atoms with Crippen molar-refractivity contribution in [2.45, 2.75) is 24.7 Å². The highest BCUT2D eigenvalue weighted by molar-refractivity contribution is 9.10. The molecule has 3 aromatic heterocycles. The fourth-order valence-corrected chi connectivity index (χ4v) is 4.64. The largest absolute Gasteiger partial charge is 0.390 e. The summed E-state index contributed by atoms with van der Waals surface area (Å²) in [5.41, 5.74) is 8.41. The Balaban J connectivity index is 1.33. The lowest BCUT2D eigenvalue weighted by Crippen LogP contribution is -2.31. The van der Waals surface area contributed by atoms with E-state index in [9.17, 15) is 10.2 Å². The zero-order valence-corrected chi connectivity index (χ0v) is 17.6. The monoisotopic (exact) mass is 468 g/mol. The zero-order chi connectivity index (χ0) is 20.8. The lowest BCUT2D eigenvalue weighted by Gasteiger charge is -2.19. The highest BCUT2D eigenvalue weighted by Crippen LogP contribution is 2.37. The molecule has 1 aliphatic rings. The molecule has 0 aliphatic heterocycles. The summed E-state index contributed by atoms with van der Waals surface area (Å²) in [5, 5.41) is 26.5. The van der Waals surface area contributed by atoms with E-state index < -0.39 is 12.2 Å². The lowest BCUT2D eigenvalue weighted by molar-refractivity contribution is 0.00884. The summed E-state index contributed by atoms with van der Waals surface area (Å²) in [4.78, 5) is 12.8. The molecule has 0 amide bonds. The van der Waals surface area contributed by atoms with Crippen molar-refractivity contribution in [2.75, 3.05) is 17.6 Å². The van der Waals surface area contributed by atoms with Crippen molar-refractivity contribution >= 4 is 49.4 Å². The molecule has 5 N–H and O–H groups in total. The average molecular weight is 469 g/mol. The number of anilines is 2. The van der Waals surface area contributed by atoms with Crippen LogP contribution in [0.25, 0.3) is 21.9 Å². The van der Waals surface area contributed by atoms with Gasteiger partial charge >= 0.3 is 0 Å². The average Bonchev–Trinajstić information content (AvgIpc) is 3.29. The van der Waals surface area contributed by atoms with Crippen LogP contribution < -0.4 is 11.1 Å². The third-order valence-corrected chi connectivity index (χ3v) is 6.32. The topological polar surface area (TPSA) is 122 Å². The van der Waals surface area contributed by atoms with Crippen molar-refractivity contribution in [1.29, 1.82) is 0 Å². The minimum absolute atomic E-state index is 0.116.